The normalized spacial score (nSPS) is 20.5. The molecule has 0 unspecified atom stereocenters. The first-order valence-electron chi connectivity index (χ1n) is 6.94. The van der Waals surface area contributed by atoms with Gasteiger partial charge in [-0.3, -0.25) is 4.79 Å². The summed E-state index contributed by atoms with van der Waals surface area (Å²) in [5, 5.41) is 0. The van der Waals surface area contributed by atoms with E-state index in [-0.39, 0.29) is 5.78 Å². The Bertz CT molecular complexity index is 611. The van der Waals surface area contributed by atoms with Gasteiger partial charge in [-0.2, -0.15) is 0 Å². The highest BCUT2D eigenvalue weighted by atomic mass is 16.5. The van der Waals surface area contributed by atoms with Crippen LogP contribution in [0.2, 0.25) is 0 Å². The fraction of sp³-hybridized carbons (Fsp3) is 0.278. The quantitative estimate of drug-likeness (QED) is 0.776. The lowest BCUT2D eigenvalue weighted by molar-refractivity contribution is 0.101. The van der Waals surface area contributed by atoms with Crippen LogP contribution in [0.5, 0.6) is 5.75 Å². The molecule has 0 radical (unpaired) electrons. The molecule has 1 aliphatic rings. The number of benzene rings is 2. The smallest absolute Gasteiger partial charge is 0.159 e. The SMILES string of the molecule is COc1ccc([C@H]2C[C@@H]2c2ccc(C(C)=O)cc2)cc1. The maximum absolute atomic E-state index is 11.3. The summed E-state index contributed by atoms with van der Waals surface area (Å²) in [4.78, 5) is 11.3. The second-order valence-corrected chi connectivity index (χ2v) is 5.40. The summed E-state index contributed by atoms with van der Waals surface area (Å²) in [5.74, 6) is 2.21. The summed E-state index contributed by atoms with van der Waals surface area (Å²) < 4.78 is 5.18. The number of ketones is 1. The highest BCUT2D eigenvalue weighted by Crippen LogP contribution is 2.54. The summed E-state index contributed by atoms with van der Waals surface area (Å²) in [5.41, 5.74) is 3.48. The summed E-state index contributed by atoms with van der Waals surface area (Å²) in [6.45, 7) is 1.60. The molecule has 2 aromatic carbocycles. The molecule has 102 valence electrons. The molecule has 3 rings (SSSR count). The van der Waals surface area contributed by atoms with E-state index in [1.165, 1.54) is 17.5 Å². The molecule has 0 spiro atoms. The van der Waals surface area contributed by atoms with Gasteiger partial charge in [0, 0.05) is 5.56 Å². The molecule has 2 nitrogen and oxygen atoms in total. The van der Waals surface area contributed by atoms with Crippen molar-refractivity contribution in [2.24, 2.45) is 0 Å². The second kappa shape index (κ2) is 5.12. The van der Waals surface area contributed by atoms with Crippen LogP contribution in [0.1, 0.15) is 46.7 Å². The van der Waals surface area contributed by atoms with Crippen LogP contribution in [0, 0.1) is 0 Å². The van der Waals surface area contributed by atoms with Gasteiger partial charge in [-0.05, 0) is 48.4 Å². The molecular formula is C18H18O2. The van der Waals surface area contributed by atoms with Gasteiger partial charge in [-0.1, -0.05) is 36.4 Å². The highest BCUT2D eigenvalue weighted by Gasteiger charge is 2.39. The van der Waals surface area contributed by atoms with Gasteiger partial charge in [0.15, 0.2) is 5.78 Å². The molecule has 0 saturated heterocycles. The molecule has 2 heteroatoms. The second-order valence-electron chi connectivity index (χ2n) is 5.40. The van der Waals surface area contributed by atoms with Crippen molar-refractivity contribution in [2.45, 2.75) is 25.2 Å². The number of rotatable bonds is 4. The Kier molecular flexibility index (Phi) is 3.31. The molecule has 1 fully saturated rings. The first-order valence-corrected chi connectivity index (χ1v) is 6.94. The van der Waals surface area contributed by atoms with Gasteiger partial charge < -0.3 is 4.74 Å². The van der Waals surface area contributed by atoms with Crippen molar-refractivity contribution in [3.63, 3.8) is 0 Å². The molecule has 1 aliphatic carbocycles. The lowest BCUT2D eigenvalue weighted by atomic mass is 10.0. The van der Waals surface area contributed by atoms with Crippen LogP contribution < -0.4 is 4.74 Å². The third kappa shape index (κ3) is 2.46. The molecular weight excluding hydrogens is 248 g/mol. The fourth-order valence-corrected chi connectivity index (χ4v) is 2.75. The maximum atomic E-state index is 11.3. The highest BCUT2D eigenvalue weighted by molar-refractivity contribution is 5.94. The zero-order valence-corrected chi connectivity index (χ0v) is 11.8. The van der Waals surface area contributed by atoms with Crippen LogP contribution in [-0.4, -0.2) is 12.9 Å². The Labute approximate surface area is 119 Å². The molecule has 2 atom stereocenters. The van der Waals surface area contributed by atoms with E-state index in [9.17, 15) is 4.79 Å². The maximum Gasteiger partial charge on any atom is 0.159 e. The topological polar surface area (TPSA) is 26.3 Å². The van der Waals surface area contributed by atoms with Crippen LogP contribution in [-0.2, 0) is 0 Å². The molecule has 1 saturated carbocycles. The van der Waals surface area contributed by atoms with Crippen LogP contribution in [0.25, 0.3) is 0 Å². The van der Waals surface area contributed by atoms with Crippen molar-refractivity contribution in [1.82, 2.24) is 0 Å². The lowest BCUT2D eigenvalue weighted by Crippen LogP contribution is -1.92. The third-order valence-electron chi connectivity index (χ3n) is 4.08. The minimum absolute atomic E-state index is 0.124. The number of carbonyl (C=O) groups excluding carboxylic acids is 1. The van der Waals surface area contributed by atoms with E-state index in [0.29, 0.717) is 11.8 Å². The van der Waals surface area contributed by atoms with Gasteiger partial charge in [0.1, 0.15) is 5.75 Å². The standard InChI is InChI=1S/C18H18O2/c1-12(19)13-3-5-14(6-4-13)17-11-18(17)15-7-9-16(20-2)10-8-15/h3-10,17-18H,11H2,1-2H3/t17-,18-/m1/s1. The fourth-order valence-electron chi connectivity index (χ4n) is 2.75. The first kappa shape index (κ1) is 12.9. The van der Waals surface area contributed by atoms with Crippen LogP contribution in [0.3, 0.4) is 0 Å². The van der Waals surface area contributed by atoms with Gasteiger partial charge in [0.05, 0.1) is 7.11 Å². The van der Waals surface area contributed by atoms with Gasteiger partial charge in [-0.15, -0.1) is 0 Å². The van der Waals surface area contributed by atoms with Gasteiger partial charge >= 0.3 is 0 Å². The first-order chi connectivity index (χ1) is 9.69. The molecule has 2 aromatic rings. The van der Waals surface area contributed by atoms with Crippen LogP contribution in [0.4, 0.5) is 0 Å². The number of methoxy groups -OCH3 is 1. The van der Waals surface area contributed by atoms with E-state index in [1.807, 2.05) is 24.3 Å². The summed E-state index contributed by atoms with van der Waals surface area (Å²) in [6, 6.07) is 16.4. The van der Waals surface area contributed by atoms with Gasteiger partial charge in [0.25, 0.3) is 0 Å². The van der Waals surface area contributed by atoms with E-state index >= 15 is 0 Å². The number of hydrogen-bond acceptors (Lipinski definition) is 2. The van der Waals surface area contributed by atoms with E-state index in [4.69, 9.17) is 4.74 Å². The minimum Gasteiger partial charge on any atom is -0.497 e. The molecule has 0 aliphatic heterocycles. The predicted molar refractivity (Wildman–Crippen MR) is 79.5 cm³/mol. The Morgan fingerprint density at radius 2 is 1.45 bits per heavy atom. The third-order valence-corrected chi connectivity index (χ3v) is 4.08. The minimum atomic E-state index is 0.124. The van der Waals surface area contributed by atoms with E-state index in [0.717, 1.165) is 11.3 Å². The monoisotopic (exact) mass is 266 g/mol. The van der Waals surface area contributed by atoms with Crippen molar-refractivity contribution in [3.05, 3.63) is 65.2 Å². The molecule has 20 heavy (non-hydrogen) atoms. The number of hydrogen-bond donors (Lipinski definition) is 0. The number of ether oxygens (including phenoxy) is 1. The molecule has 0 N–H and O–H groups in total. The summed E-state index contributed by atoms with van der Waals surface area (Å²) in [7, 11) is 1.69. The van der Waals surface area contributed by atoms with Crippen molar-refractivity contribution in [1.29, 1.82) is 0 Å². The Hall–Kier alpha value is -2.09. The largest absolute Gasteiger partial charge is 0.497 e. The lowest BCUT2D eigenvalue weighted by Gasteiger charge is -2.04. The average Bonchev–Trinajstić information content (AvgIpc) is 3.28. The van der Waals surface area contributed by atoms with E-state index < -0.39 is 0 Å². The van der Waals surface area contributed by atoms with Gasteiger partial charge in [-0.25, -0.2) is 0 Å². The zero-order chi connectivity index (χ0) is 14.1. The Morgan fingerprint density at radius 1 is 0.950 bits per heavy atom. The molecule has 0 heterocycles. The Morgan fingerprint density at radius 3 is 1.90 bits per heavy atom. The summed E-state index contributed by atoms with van der Waals surface area (Å²) >= 11 is 0. The van der Waals surface area contributed by atoms with Crippen molar-refractivity contribution in [3.8, 4) is 5.75 Å². The van der Waals surface area contributed by atoms with E-state index in [1.54, 1.807) is 14.0 Å². The zero-order valence-electron chi connectivity index (χ0n) is 11.8. The molecule has 0 aromatic heterocycles. The number of carbonyl (C=O) groups is 1. The van der Waals surface area contributed by atoms with Crippen molar-refractivity contribution in [2.75, 3.05) is 7.11 Å². The summed E-state index contributed by atoms with van der Waals surface area (Å²) in [6.07, 6.45) is 1.19. The van der Waals surface area contributed by atoms with Crippen molar-refractivity contribution < 1.29 is 9.53 Å². The molecule has 0 bridgehead atoms. The Balaban J connectivity index is 1.73. The molecule has 0 amide bonds. The van der Waals surface area contributed by atoms with E-state index in [2.05, 4.69) is 24.3 Å². The van der Waals surface area contributed by atoms with Crippen LogP contribution >= 0.6 is 0 Å². The average molecular weight is 266 g/mol. The van der Waals surface area contributed by atoms with Crippen molar-refractivity contribution >= 4 is 5.78 Å². The number of Topliss-reactive ketones (excluding diaryl/α,β-unsaturated/α-hetero) is 1. The predicted octanol–water partition coefficient (Wildman–Crippen LogP) is 4.17. The van der Waals surface area contributed by atoms with Gasteiger partial charge in [0.2, 0.25) is 0 Å². The van der Waals surface area contributed by atoms with Crippen LogP contribution in [0.15, 0.2) is 48.5 Å².